The standard InChI is InChI=1S/C8H14N2O2/c1-3-11-6-7-4-10-8(12-7)5-9-2/h4,9H,3,5-6H2,1-2H3. The molecule has 0 radical (unpaired) electrons. The van der Waals surface area contributed by atoms with E-state index < -0.39 is 0 Å². The van der Waals surface area contributed by atoms with E-state index in [0.717, 1.165) is 5.76 Å². The van der Waals surface area contributed by atoms with Gasteiger partial charge >= 0.3 is 0 Å². The quantitative estimate of drug-likeness (QED) is 0.714. The summed E-state index contributed by atoms with van der Waals surface area (Å²) in [5.41, 5.74) is 0. The Morgan fingerprint density at radius 2 is 2.50 bits per heavy atom. The van der Waals surface area contributed by atoms with Crippen molar-refractivity contribution in [3.8, 4) is 0 Å². The summed E-state index contributed by atoms with van der Waals surface area (Å²) >= 11 is 0. The van der Waals surface area contributed by atoms with Crippen LogP contribution in [0.25, 0.3) is 0 Å². The number of aromatic nitrogens is 1. The maximum Gasteiger partial charge on any atom is 0.208 e. The van der Waals surface area contributed by atoms with Crippen molar-refractivity contribution in [2.75, 3.05) is 13.7 Å². The lowest BCUT2D eigenvalue weighted by molar-refractivity contribution is 0.117. The summed E-state index contributed by atoms with van der Waals surface area (Å²) in [5, 5.41) is 2.96. The van der Waals surface area contributed by atoms with Crippen molar-refractivity contribution in [1.29, 1.82) is 0 Å². The van der Waals surface area contributed by atoms with Crippen LogP contribution < -0.4 is 5.32 Å². The molecule has 0 amide bonds. The van der Waals surface area contributed by atoms with Gasteiger partial charge in [0, 0.05) is 6.61 Å². The molecule has 68 valence electrons. The smallest absolute Gasteiger partial charge is 0.208 e. The Morgan fingerprint density at radius 1 is 1.67 bits per heavy atom. The Bertz CT molecular complexity index is 223. The van der Waals surface area contributed by atoms with Gasteiger partial charge in [-0.05, 0) is 14.0 Å². The molecular formula is C8H14N2O2. The summed E-state index contributed by atoms with van der Waals surface area (Å²) < 4.78 is 10.5. The van der Waals surface area contributed by atoms with Crippen molar-refractivity contribution in [3.05, 3.63) is 17.8 Å². The van der Waals surface area contributed by atoms with Gasteiger partial charge in [0.25, 0.3) is 0 Å². The van der Waals surface area contributed by atoms with Crippen LogP contribution in [-0.2, 0) is 17.9 Å². The molecule has 0 unspecified atom stereocenters. The predicted octanol–water partition coefficient (Wildman–Crippen LogP) is 0.930. The van der Waals surface area contributed by atoms with E-state index in [1.54, 1.807) is 6.20 Å². The topological polar surface area (TPSA) is 47.3 Å². The Kier molecular flexibility index (Phi) is 3.76. The molecule has 4 heteroatoms. The molecule has 0 aliphatic rings. The molecule has 1 aromatic rings. The van der Waals surface area contributed by atoms with Crippen molar-refractivity contribution in [3.63, 3.8) is 0 Å². The molecule has 1 rings (SSSR count). The number of nitrogens with one attached hydrogen (secondary N) is 1. The monoisotopic (exact) mass is 170 g/mol. The van der Waals surface area contributed by atoms with Gasteiger partial charge in [-0.15, -0.1) is 0 Å². The van der Waals surface area contributed by atoms with E-state index in [4.69, 9.17) is 9.15 Å². The van der Waals surface area contributed by atoms with Gasteiger partial charge in [0.1, 0.15) is 12.4 Å². The van der Waals surface area contributed by atoms with Crippen molar-refractivity contribution >= 4 is 0 Å². The minimum absolute atomic E-state index is 0.507. The highest BCUT2D eigenvalue weighted by Crippen LogP contribution is 2.04. The minimum atomic E-state index is 0.507. The van der Waals surface area contributed by atoms with Crippen molar-refractivity contribution in [2.24, 2.45) is 0 Å². The molecule has 1 N–H and O–H groups in total. The van der Waals surface area contributed by atoms with Crippen LogP contribution in [0.2, 0.25) is 0 Å². The molecule has 0 aliphatic heterocycles. The van der Waals surface area contributed by atoms with Gasteiger partial charge in [-0.25, -0.2) is 4.98 Å². The third-order valence-corrected chi connectivity index (χ3v) is 1.38. The van der Waals surface area contributed by atoms with Crippen LogP contribution in [-0.4, -0.2) is 18.6 Å². The lowest BCUT2D eigenvalue weighted by Crippen LogP contribution is -2.04. The van der Waals surface area contributed by atoms with E-state index >= 15 is 0 Å². The SMILES string of the molecule is CCOCc1cnc(CNC)o1. The number of hydrogen-bond acceptors (Lipinski definition) is 4. The molecule has 0 bridgehead atoms. The van der Waals surface area contributed by atoms with Gasteiger partial charge in [-0.1, -0.05) is 0 Å². The molecule has 0 saturated heterocycles. The second-order valence-electron chi connectivity index (χ2n) is 2.39. The van der Waals surface area contributed by atoms with Crippen molar-refractivity contribution in [1.82, 2.24) is 10.3 Å². The predicted molar refractivity (Wildman–Crippen MR) is 44.6 cm³/mol. The average Bonchev–Trinajstić information content (AvgIpc) is 2.50. The van der Waals surface area contributed by atoms with Crippen LogP contribution in [0.1, 0.15) is 18.6 Å². The molecule has 0 aliphatic carbocycles. The molecule has 0 aromatic carbocycles. The van der Waals surface area contributed by atoms with E-state index in [9.17, 15) is 0 Å². The molecule has 1 aromatic heterocycles. The van der Waals surface area contributed by atoms with Crippen LogP contribution in [0.5, 0.6) is 0 Å². The number of hydrogen-bond donors (Lipinski definition) is 1. The molecule has 0 fully saturated rings. The first-order valence-corrected chi connectivity index (χ1v) is 4.02. The first kappa shape index (κ1) is 9.22. The summed E-state index contributed by atoms with van der Waals surface area (Å²) in [6.45, 7) is 3.81. The van der Waals surface area contributed by atoms with Crippen molar-refractivity contribution < 1.29 is 9.15 Å². The van der Waals surface area contributed by atoms with Gasteiger partial charge in [-0.3, -0.25) is 0 Å². The minimum Gasteiger partial charge on any atom is -0.442 e. The Hall–Kier alpha value is -0.870. The van der Waals surface area contributed by atoms with Gasteiger partial charge in [0.2, 0.25) is 5.89 Å². The second kappa shape index (κ2) is 4.90. The highest BCUT2D eigenvalue weighted by molar-refractivity contribution is 4.92. The van der Waals surface area contributed by atoms with Crippen LogP contribution in [0.3, 0.4) is 0 Å². The normalized spacial score (nSPS) is 10.5. The first-order valence-electron chi connectivity index (χ1n) is 4.02. The zero-order valence-electron chi connectivity index (χ0n) is 7.46. The summed E-state index contributed by atoms with van der Waals surface area (Å²) in [4.78, 5) is 4.05. The van der Waals surface area contributed by atoms with E-state index in [-0.39, 0.29) is 0 Å². The fraction of sp³-hybridized carbons (Fsp3) is 0.625. The fourth-order valence-electron chi connectivity index (χ4n) is 0.850. The third kappa shape index (κ3) is 2.64. The Labute approximate surface area is 71.9 Å². The zero-order valence-corrected chi connectivity index (χ0v) is 7.46. The van der Waals surface area contributed by atoms with Crippen LogP contribution >= 0.6 is 0 Å². The first-order chi connectivity index (χ1) is 5.86. The molecule has 0 saturated carbocycles. The van der Waals surface area contributed by atoms with E-state index in [1.165, 1.54) is 0 Å². The summed E-state index contributed by atoms with van der Waals surface area (Å²) in [6, 6.07) is 0. The molecule has 0 atom stereocenters. The van der Waals surface area contributed by atoms with Crippen LogP contribution in [0.15, 0.2) is 10.6 Å². The highest BCUT2D eigenvalue weighted by Gasteiger charge is 2.01. The summed E-state index contributed by atoms with van der Waals surface area (Å²) in [5.74, 6) is 1.48. The van der Waals surface area contributed by atoms with Crippen LogP contribution in [0, 0.1) is 0 Å². The van der Waals surface area contributed by atoms with Crippen molar-refractivity contribution in [2.45, 2.75) is 20.1 Å². The maximum atomic E-state index is 5.33. The molecule has 4 nitrogen and oxygen atoms in total. The maximum absolute atomic E-state index is 5.33. The molecule has 1 heterocycles. The number of rotatable bonds is 5. The van der Waals surface area contributed by atoms with Gasteiger partial charge in [0.05, 0.1) is 12.7 Å². The molecular weight excluding hydrogens is 156 g/mol. The lowest BCUT2D eigenvalue weighted by Gasteiger charge is -1.95. The Morgan fingerprint density at radius 3 is 3.17 bits per heavy atom. The summed E-state index contributed by atoms with van der Waals surface area (Å²) in [6.07, 6.45) is 1.70. The summed E-state index contributed by atoms with van der Waals surface area (Å²) in [7, 11) is 1.85. The van der Waals surface area contributed by atoms with Gasteiger partial charge in [-0.2, -0.15) is 0 Å². The number of ether oxygens (including phenoxy) is 1. The fourth-order valence-corrected chi connectivity index (χ4v) is 0.850. The van der Waals surface area contributed by atoms with Crippen LogP contribution in [0.4, 0.5) is 0 Å². The molecule has 0 spiro atoms. The third-order valence-electron chi connectivity index (χ3n) is 1.38. The largest absolute Gasteiger partial charge is 0.442 e. The van der Waals surface area contributed by atoms with E-state index in [1.807, 2.05) is 14.0 Å². The second-order valence-corrected chi connectivity index (χ2v) is 2.39. The van der Waals surface area contributed by atoms with Gasteiger partial charge < -0.3 is 14.5 Å². The zero-order chi connectivity index (χ0) is 8.81. The van der Waals surface area contributed by atoms with E-state index in [0.29, 0.717) is 25.6 Å². The molecule has 12 heavy (non-hydrogen) atoms. The number of oxazole rings is 1. The average molecular weight is 170 g/mol. The Balaban J connectivity index is 2.41. The lowest BCUT2D eigenvalue weighted by atomic mass is 10.5. The van der Waals surface area contributed by atoms with E-state index in [2.05, 4.69) is 10.3 Å². The van der Waals surface area contributed by atoms with Gasteiger partial charge in [0.15, 0.2) is 0 Å². The highest BCUT2D eigenvalue weighted by atomic mass is 16.5. The number of nitrogens with zero attached hydrogens (tertiary/aromatic N) is 1.